The zero-order chi connectivity index (χ0) is 12.1. The Kier molecular flexibility index (Phi) is 4.45. The molecule has 0 saturated carbocycles. The van der Waals surface area contributed by atoms with Crippen molar-refractivity contribution in [2.75, 3.05) is 6.61 Å². The minimum absolute atomic E-state index is 0.321. The smallest absolute Gasteiger partial charge is 0.328 e. The van der Waals surface area contributed by atoms with Crippen LogP contribution in [0.15, 0.2) is 28.7 Å². The summed E-state index contributed by atoms with van der Waals surface area (Å²) in [6.07, 6.45) is 0. The molecule has 1 atom stereocenters. The van der Waals surface area contributed by atoms with E-state index in [0.717, 1.165) is 0 Å². The molecule has 0 fully saturated rings. The molecule has 0 saturated heterocycles. The van der Waals surface area contributed by atoms with Crippen LogP contribution in [0.4, 0.5) is 0 Å². The van der Waals surface area contributed by atoms with Gasteiger partial charge < -0.3 is 15.5 Å². The molecule has 1 amide bonds. The van der Waals surface area contributed by atoms with Gasteiger partial charge in [0.05, 0.1) is 12.2 Å². The van der Waals surface area contributed by atoms with E-state index in [0.29, 0.717) is 10.0 Å². The molecule has 0 aromatic heterocycles. The lowest BCUT2D eigenvalue weighted by molar-refractivity contribution is -0.140. The van der Waals surface area contributed by atoms with Gasteiger partial charge in [-0.3, -0.25) is 4.79 Å². The molecule has 0 heterocycles. The first-order valence-electron chi connectivity index (χ1n) is 4.45. The number of benzene rings is 1. The summed E-state index contributed by atoms with van der Waals surface area (Å²) in [6.45, 7) is -0.647. The number of aliphatic hydroxyl groups excluding tert-OH is 1. The van der Waals surface area contributed by atoms with E-state index in [-0.39, 0.29) is 0 Å². The van der Waals surface area contributed by atoms with Crippen molar-refractivity contribution in [3.05, 3.63) is 34.3 Å². The van der Waals surface area contributed by atoms with Crippen LogP contribution in [0, 0.1) is 0 Å². The van der Waals surface area contributed by atoms with Crippen molar-refractivity contribution in [3.8, 4) is 0 Å². The van der Waals surface area contributed by atoms with Crippen molar-refractivity contribution in [1.82, 2.24) is 5.32 Å². The number of hydrogen-bond donors (Lipinski definition) is 3. The minimum Gasteiger partial charge on any atom is -0.480 e. The van der Waals surface area contributed by atoms with Crippen LogP contribution in [0.1, 0.15) is 10.4 Å². The van der Waals surface area contributed by atoms with Crippen LogP contribution in [0.25, 0.3) is 0 Å². The lowest BCUT2D eigenvalue weighted by Gasteiger charge is -2.12. The maximum absolute atomic E-state index is 11.6. The lowest BCUT2D eigenvalue weighted by Crippen LogP contribution is -2.43. The van der Waals surface area contributed by atoms with E-state index >= 15 is 0 Å². The number of halogens is 1. The van der Waals surface area contributed by atoms with Crippen molar-refractivity contribution >= 4 is 27.8 Å². The van der Waals surface area contributed by atoms with Gasteiger partial charge in [0.25, 0.3) is 5.91 Å². The van der Waals surface area contributed by atoms with Crippen LogP contribution in [0.3, 0.4) is 0 Å². The molecule has 1 aromatic rings. The number of hydrogen-bond acceptors (Lipinski definition) is 3. The Hall–Kier alpha value is -1.40. The van der Waals surface area contributed by atoms with Crippen molar-refractivity contribution < 1.29 is 19.8 Å². The molecular formula is C10H10BrNO4. The molecule has 6 heteroatoms. The van der Waals surface area contributed by atoms with Gasteiger partial charge in [0.15, 0.2) is 6.04 Å². The summed E-state index contributed by atoms with van der Waals surface area (Å²) >= 11 is 3.17. The van der Waals surface area contributed by atoms with Crippen molar-refractivity contribution in [2.24, 2.45) is 0 Å². The number of aliphatic hydroxyl groups is 1. The third-order valence-corrected chi connectivity index (χ3v) is 2.60. The Morgan fingerprint density at radius 1 is 1.38 bits per heavy atom. The molecule has 1 rings (SSSR count). The number of carbonyl (C=O) groups is 2. The number of nitrogens with one attached hydrogen (secondary N) is 1. The third kappa shape index (κ3) is 3.04. The second-order valence-corrected chi connectivity index (χ2v) is 3.88. The molecule has 0 radical (unpaired) electrons. The second-order valence-electron chi connectivity index (χ2n) is 3.03. The number of rotatable bonds is 4. The fourth-order valence-electron chi connectivity index (χ4n) is 1.07. The number of carboxylic acid groups (broad SMARTS) is 1. The first kappa shape index (κ1) is 12.7. The fraction of sp³-hybridized carbons (Fsp3) is 0.200. The van der Waals surface area contributed by atoms with E-state index in [1.54, 1.807) is 24.3 Å². The first-order chi connectivity index (χ1) is 7.56. The molecule has 1 aromatic carbocycles. The molecule has 86 valence electrons. The standard InChI is InChI=1S/C10H10BrNO4/c11-7-4-2-1-3-6(7)9(14)12-8(5-13)10(15)16/h1-4,8,13H,5H2,(H,12,14)(H,15,16)/t8-/m0/s1. The number of carboxylic acids is 1. The van der Waals surface area contributed by atoms with E-state index in [4.69, 9.17) is 10.2 Å². The van der Waals surface area contributed by atoms with E-state index in [9.17, 15) is 9.59 Å². The van der Waals surface area contributed by atoms with Crippen molar-refractivity contribution in [2.45, 2.75) is 6.04 Å². The largest absolute Gasteiger partial charge is 0.480 e. The first-order valence-corrected chi connectivity index (χ1v) is 5.24. The summed E-state index contributed by atoms with van der Waals surface area (Å²) in [5.41, 5.74) is 0.321. The number of carbonyl (C=O) groups excluding carboxylic acids is 1. The predicted octanol–water partition coefficient (Wildman–Crippen LogP) is 0.624. The van der Waals surface area contributed by atoms with Crippen LogP contribution in [0.5, 0.6) is 0 Å². The van der Waals surface area contributed by atoms with Gasteiger partial charge in [-0.1, -0.05) is 12.1 Å². The summed E-state index contributed by atoms with van der Waals surface area (Å²) in [4.78, 5) is 22.2. The molecule has 0 aliphatic heterocycles. The predicted molar refractivity (Wildman–Crippen MR) is 60.1 cm³/mol. The van der Waals surface area contributed by atoms with E-state index < -0.39 is 24.5 Å². The minimum atomic E-state index is -1.29. The summed E-state index contributed by atoms with van der Waals surface area (Å²) < 4.78 is 0.564. The Morgan fingerprint density at radius 2 is 2.00 bits per heavy atom. The summed E-state index contributed by atoms with van der Waals surface area (Å²) in [7, 11) is 0. The third-order valence-electron chi connectivity index (χ3n) is 1.90. The normalized spacial score (nSPS) is 11.9. The molecule has 3 N–H and O–H groups in total. The van der Waals surface area contributed by atoms with Gasteiger partial charge in [-0.25, -0.2) is 4.79 Å². The molecule has 0 bridgehead atoms. The molecular weight excluding hydrogens is 278 g/mol. The van der Waals surface area contributed by atoms with Gasteiger partial charge in [0, 0.05) is 4.47 Å². The summed E-state index contributed by atoms with van der Waals surface area (Å²) in [5.74, 6) is -1.82. The Balaban J connectivity index is 2.80. The maximum Gasteiger partial charge on any atom is 0.328 e. The second kappa shape index (κ2) is 5.62. The lowest BCUT2D eigenvalue weighted by atomic mass is 10.2. The maximum atomic E-state index is 11.6. The van der Waals surface area contributed by atoms with Crippen LogP contribution in [-0.4, -0.2) is 34.7 Å². The average Bonchev–Trinajstić information content (AvgIpc) is 2.25. The fourth-order valence-corrected chi connectivity index (χ4v) is 1.53. The van der Waals surface area contributed by atoms with E-state index in [1.807, 2.05) is 0 Å². The zero-order valence-electron chi connectivity index (χ0n) is 8.18. The van der Waals surface area contributed by atoms with Crippen LogP contribution in [0.2, 0.25) is 0 Å². The topological polar surface area (TPSA) is 86.6 Å². The van der Waals surface area contributed by atoms with Crippen LogP contribution >= 0.6 is 15.9 Å². The molecule has 0 unspecified atom stereocenters. The molecule has 0 spiro atoms. The van der Waals surface area contributed by atoms with E-state index in [1.165, 1.54) is 0 Å². The Labute approximate surface area is 100 Å². The van der Waals surface area contributed by atoms with Gasteiger partial charge in [0.2, 0.25) is 0 Å². The van der Waals surface area contributed by atoms with Crippen molar-refractivity contribution in [3.63, 3.8) is 0 Å². The SMILES string of the molecule is O=C(N[C@@H](CO)C(=O)O)c1ccccc1Br. The van der Waals surface area contributed by atoms with E-state index in [2.05, 4.69) is 21.2 Å². The highest BCUT2D eigenvalue weighted by molar-refractivity contribution is 9.10. The van der Waals surface area contributed by atoms with Crippen LogP contribution < -0.4 is 5.32 Å². The highest BCUT2D eigenvalue weighted by Gasteiger charge is 2.20. The molecule has 5 nitrogen and oxygen atoms in total. The van der Waals surface area contributed by atoms with Gasteiger partial charge in [-0.05, 0) is 28.1 Å². The summed E-state index contributed by atoms with van der Waals surface area (Å²) in [6, 6.07) is 5.33. The Bertz CT molecular complexity index is 408. The van der Waals surface area contributed by atoms with Crippen molar-refractivity contribution in [1.29, 1.82) is 0 Å². The number of aliphatic carboxylic acids is 1. The monoisotopic (exact) mass is 287 g/mol. The molecule has 16 heavy (non-hydrogen) atoms. The van der Waals surface area contributed by atoms with Gasteiger partial charge >= 0.3 is 5.97 Å². The molecule has 0 aliphatic carbocycles. The van der Waals surface area contributed by atoms with Crippen LogP contribution in [-0.2, 0) is 4.79 Å². The number of amides is 1. The summed E-state index contributed by atoms with van der Waals surface area (Å²) in [5, 5.41) is 19.6. The molecule has 0 aliphatic rings. The quantitative estimate of drug-likeness (QED) is 0.758. The highest BCUT2D eigenvalue weighted by Crippen LogP contribution is 2.15. The highest BCUT2D eigenvalue weighted by atomic mass is 79.9. The average molecular weight is 288 g/mol. The zero-order valence-corrected chi connectivity index (χ0v) is 9.77. The Morgan fingerprint density at radius 3 is 2.50 bits per heavy atom. The van der Waals surface area contributed by atoms with Gasteiger partial charge in [0.1, 0.15) is 0 Å². The van der Waals surface area contributed by atoms with Gasteiger partial charge in [-0.15, -0.1) is 0 Å². The van der Waals surface area contributed by atoms with Gasteiger partial charge in [-0.2, -0.15) is 0 Å².